The summed E-state index contributed by atoms with van der Waals surface area (Å²) in [6.45, 7) is 2.38. The van der Waals surface area contributed by atoms with Gasteiger partial charge in [-0.15, -0.1) is 0 Å². The molecule has 4 bridgehead atoms. The third-order valence-electron chi connectivity index (χ3n) is 14.0. The summed E-state index contributed by atoms with van der Waals surface area (Å²) in [5, 5.41) is 13.7. The summed E-state index contributed by atoms with van der Waals surface area (Å²) >= 11 is 0. The lowest BCUT2D eigenvalue weighted by molar-refractivity contribution is -0.192. The van der Waals surface area contributed by atoms with Crippen molar-refractivity contribution in [1.82, 2.24) is 20.4 Å². The van der Waals surface area contributed by atoms with E-state index in [1.165, 1.54) is 77.3 Å². The van der Waals surface area contributed by atoms with Crippen LogP contribution in [0.5, 0.6) is 0 Å². The first kappa shape index (κ1) is 39.6. The lowest BCUT2D eigenvalue weighted by atomic mass is 9.83. The van der Waals surface area contributed by atoms with Crippen LogP contribution in [-0.2, 0) is 4.79 Å². The van der Waals surface area contributed by atoms with Crippen molar-refractivity contribution in [1.29, 1.82) is 0 Å². The summed E-state index contributed by atoms with van der Waals surface area (Å²) < 4.78 is 31.7. The molecule has 4 fully saturated rings. The Kier molecular flexibility index (Phi) is 11.8. The second-order valence-corrected chi connectivity index (χ2v) is 17.3. The molecule has 2 amide bonds. The second kappa shape index (κ2) is 16.9. The quantitative estimate of drug-likeness (QED) is 0.190. The highest BCUT2D eigenvalue weighted by atomic mass is 19.4. The van der Waals surface area contributed by atoms with Crippen LogP contribution in [0.25, 0.3) is 0 Å². The monoisotopic (exact) mass is 784 g/mol. The molecule has 8 nitrogen and oxygen atoms in total. The molecule has 4 aliphatic heterocycles. The number of carboxylic acids is 1. The number of hydrogen-bond acceptors (Lipinski definition) is 5. The Balaban J connectivity index is 0.000000598. The summed E-state index contributed by atoms with van der Waals surface area (Å²) in [6, 6.07) is 28.4. The van der Waals surface area contributed by atoms with Gasteiger partial charge in [-0.25, -0.2) is 4.79 Å². The molecule has 2 saturated heterocycles. The third-order valence-corrected chi connectivity index (χ3v) is 14.0. The molecule has 57 heavy (non-hydrogen) atoms. The molecule has 2 saturated carbocycles. The van der Waals surface area contributed by atoms with Gasteiger partial charge in [0.15, 0.2) is 0 Å². The molecule has 11 heteroatoms. The molecule has 0 unspecified atom stereocenters. The highest BCUT2D eigenvalue weighted by Crippen LogP contribution is 2.54. The summed E-state index contributed by atoms with van der Waals surface area (Å²) in [6.07, 6.45) is 11.5. The smallest absolute Gasteiger partial charge is 0.475 e. The van der Waals surface area contributed by atoms with Gasteiger partial charge in [0, 0.05) is 47.4 Å². The summed E-state index contributed by atoms with van der Waals surface area (Å²) in [5.41, 5.74) is 7.46. The first-order chi connectivity index (χ1) is 27.5. The molecule has 3 N–H and O–H groups in total. The first-order valence-electron chi connectivity index (χ1n) is 21.2. The van der Waals surface area contributed by atoms with Crippen molar-refractivity contribution in [2.75, 3.05) is 13.1 Å². The maximum absolute atomic E-state index is 13.3. The predicted molar refractivity (Wildman–Crippen MR) is 212 cm³/mol. The Morgan fingerprint density at radius 2 is 0.877 bits per heavy atom. The molecule has 4 atom stereocenters. The molecule has 0 aromatic heterocycles. The van der Waals surface area contributed by atoms with Crippen molar-refractivity contribution >= 4 is 17.8 Å². The molecule has 4 heterocycles. The van der Waals surface area contributed by atoms with Crippen molar-refractivity contribution in [3.63, 3.8) is 0 Å². The van der Waals surface area contributed by atoms with Gasteiger partial charge in [-0.2, -0.15) is 13.2 Å². The van der Waals surface area contributed by atoms with E-state index < -0.39 is 12.1 Å². The molecule has 3 aromatic rings. The number of rotatable bonds is 10. The SMILES string of the molecule is O=C(NC1CCC(CCN2[C@@H]3CC[C@H]2c2ccccc23)CC1)c1cccc(C(=O)NC2CCC(CCN3[C@@H]4CC[C@H]3c3ccccc34)CC2)c1.O=C(O)C(F)(F)F. The maximum atomic E-state index is 13.3. The number of nitrogens with one attached hydrogen (secondary N) is 2. The number of carbonyl (C=O) groups is 3. The van der Waals surface area contributed by atoms with E-state index in [1.54, 1.807) is 28.3 Å². The average Bonchev–Trinajstić information content (AvgIpc) is 3.98. The molecule has 0 spiro atoms. The maximum Gasteiger partial charge on any atom is 0.490 e. The van der Waals surface area contributed by atoms with Gasteiger partial charge in [0.05, 0.1) is 0 Å². The van der Waals surface area contributed by atoms with Crippen LogP contribution >= 0.6 is 0 Å². The number of benzene rings is 3. The van der Waals surface area contributed by atoms with Gasteiger partial charge in [-0.05, 0) is 155 Å². The lowest BCUT2D eigenvalue weighted by Gasteiger charge is -2.31. The fourth-order valence-corrected chi connectivity index (χ4v) is 11.1. The second-order valence-electron chi connectivity index (χ2n) is 17.3. The first-order valence-corrected chi connectivity index (χ1v) is 21.2. The molecular weight excluding hydrogens is 730 g/mol. The number of alkyl halides is 3. The fourth-order valence-electron chi connectivity index (χ4n) is 11.1. The van der Waals surface area contributed by atoms with E-state index in [9.17, 15) is 22.8 Å². The zero-order valence-electron chi connectivity index (χ0n) is 32.6. The minimum absolute atomic E-state index is 0.0513. The number of aliphatic carboxylic acids is 1. The Bertz CT molecular complexity index is 1740. The zero-order chi connectivity index (χ0) is 39.7. The number of fused-ring (bicyclic) bond motifs is 10. The van der Waals surface area contributed by atoms with Crippen molar-refractivity contribution in [2.24, 2.45) is 11.8 Å². The summed E-state index contributed by atoms with van der Waals surface area (Å²) in [7, 11) is 0. The van der Waals surface area contributed by atoms with Gasteiger partial charge in [-0.3, -0.25) is 19.4 Å². The van der Waals surface area contributed by atoms with E-state index in [-0.39, 0.29) is 23.9 Å². The number of nitrogens with zero attached hydrogens (tertiary/aromatic N) is 2. The zero-order valence-corrected chi connectivity index (χ0v) is 32.6. The Morgan fingerprint density at radius 1 is 0.544 bits per heavy atom. The van der Waals surface area contributed by atoms with E-state index in [4.69, 9.17) is 9.90 Å². The third kappa shape index (κ3) is 8.65. The van der Waals surface area contributed by atoms with Gasteiger partial charge in [0.25, 0.3) is 11.8 Å². The number of hydrogen-bond donors (Lipinski definition) is 3. The molecule has 304 valence electrons. The normalized spacial score (nSPS) is 28.9. The van der Waals surface area contributed by atoms with Crippen LogP contribution in [0.15, 0.2) is 72.8 Å². The molecule has 9 rings (SSSR count). The highest BCUT2D eigenvalue weighted by Gasteiger charge is 2.44. The molecule has 2 aliphatic carbocycles. The van der Waals surface area contributed by atoms with Crippen molar-refractivity contribution < 1.29 is 32.7 Å². The molecular formula is C46H55F3N4O4. The van der Waals surface area contributed by atoms with Crippen molar-refractivity contribution in [3.05, 3.63) is 106 Å². The number of carboxylic acid groups (broad SMARTS) is 1. The standard InChI is InChI=1S/C44H54N4O2.C2HF3O2/c49-43(45-33-16-12-29(13-17-33)24-26-47-39-20-21-40(47)36-9-2-1-8-35(36)39)31-6-5-7-32(28-31)44(50)46-34-18-14-30(15-19-34)25-27-48-41-22-23-42(48)38-11-4-3-10-37(38)41;3-2(4,5)1(6)7/h1-11,28-30,33-34,39-42H,12-27H2,(H,45,49)(H,46,50);(H,6,7)/t29?,30?,33?,34?,39-,40+,41-,42+;. The van der Waals surface area contributed by atoms with Crippen molar-refractivity contribution in [3.8, 4) is 0 Å². The number of carbonyl (C=O) groups excluding carboxylic acids is 2. The van der Waals surface area contributed by atoms with Gasteiger partial charge in [0.2, 0.25) is 0 Å². The van der Waals surface area contributed by atoms with Crippen LogP contribution in [-0.4, -0.2) is 64.0 Å². The van der Waals surface area contributed by atoms with Gasteiger partial charge < -0.3 is 15.7 Å². The molecule has 0 radical (unpaired) electrons. The fraction of sp³-hybridized carbons (Fsp3) is 0.543. The topological polar surface area (TPSA) is 102 Å². The van der Waals surface area contributed by atoms with E-state index >= 15 is 0 Å². The summed E-state index contributed by atoms with van der Waals surface area (Å²) in [4.78, 5) is 41.0. The minimum atomic E-state index is -5.08. The lowest BCUT2D eigenvalue weighted by Crippen LogP contribution is -2.39. The van der Waals surface area contributed by atoms with Crippen LogP contribution < -0.4 is 10.6 Å². The van der Waals surface area contributed by atoms with E-state index in [0.29, 0.717) is 35.3 Å². The molecule has 3 aromatic carbocycles. The van der Waals surface area contributed by atoms with E-state index in [1.807, 2.05) is 18.2 Å². The van der Waals surface area contributed by atoms with Crippen LogP contribution in [0, 0.1) is 11.8 Å². The predicted octanol–water partition coefficient (Wildman–Crippen LogP) is 9.46. The summed E-state index contributed by atoms with van der Waals surface area (Å²) in [5.74, 6) is -1.38. The van der Waals surface area contributed by atoms with Crippen LogP contribution in [0.2, 0.25) is 0 Å². The van der Waals surface area contributed by atoms with Gasteiger partial charge in [-0.1, -0.05) is 54.6 Å². The van der Waals surface area contributed by atoms with Crippen LogP contribution in [0.3, 0.4) is 0 Å². The largest absolute Gasteiger partial charge is 0.490 e. The number of halogens is 3. The van der Waals surface area contributed by atoms with Crippen LogP contribution in [0.4, 0.5) is 13.2 Å². The number of amides is 2. The van der Waals surface area contributed by atoms with Crippen molar-refractivity contribution in [2.45, 2.75) is 132 Å². The van der Waals surface area contributed by atoms with Gasteiger partial charge >= 0.3 is 12.1 Å². The Morgan fingerprint density at radius 3 is 1.19 bits per heavy atom. The van der Waals surface area contributed by atoms with Gasteiger partial charge in [0.1, 0.15) is 0 Å². The van der Waals surface area contributed by atoms with E-state index in [2.05, 4.69) is 69.0 Å². The Hall–Kier alpha value is -4.22. The van der Waals surface area contributed by atoms with E-state index in [0.717, 1.165) is 37.5 Å². The highest BCUT2D eigenvalue weighted by molar-refractivity contribution is 5.99. The Labute approximate surface area is 333 Å². The van der Waals surface area contributed by atoms with Crippen LogP contribution in [0.1, 0.15) is 157 Å². The average molecular weight is 785 g/mol. The minimum Gasteiger partial charge on any atom is -0.475 e. The molecule has 6 aliphatic rings.